The third kappa shape index (κ3) is 2.82. The number of ether oxygens (including phenoxy) is 1. The lowest BCUT2D eigenvalue weighted by molar-refractivity contribution is -0.143. The first-order chi connectivity index (χ1) is 9.34. The van der Waals surface area contributed by atoms with E-state index >= 15 is 0 Å². The van der Waals surface area contributed by atoms with Gasteiger partial charge in [0, 0.05) is 11.0 Å². The predicted octanol–water partition coefficient (Wildman–Crippen LogP) is 3.79. The first-order valence-corrected chi connectivity index (χ1v) is 7.41. The molecule has 1 aromatic rings. The molecule has 0 radical (unpaired) electrons. The van der Waals surface area contributed by atoms with E-state index in [1.54, 1.807) is 0 Å². The number of carbonyl (C=O) groups excluding carboxylic acids is 1. The van der Waals surface area contributed by atoms with Crippen molar-refractivity contribution in [3.63, 3.8) is 0 Å². The molecular weight excluding hydrogens is 250 g/mol. The Bertz CT molecular complexity index is 490. The van der Waals surface area contributed by atoms with Crippen molar-refractivity contribution < 1.29 is 9.53 Å². The summed E-state index contributed by atoms with van der Waals surface area (Å²) in [6, 6.07) is 8.17. The van der Waals surface area contributed by atoms with Crippen LogP contribution in [0.15, 0.2) is 24.3 Å². The number of hydrogen-bond donors (Lipinski definition) is 0. The summed E-state index contributed by atoms with van der Waals surface area (Å²) in [5.41, 5.74) is 0.754. The second kappa shape index (κ2) is 5.47. The lowest BCUT2D eigenvalue weighted by atomic mass is 9.92. The molecule has 3 heteroatoms. The summed E-state index contributed by atoms with van der Waals surface area (Å²) in [5.74, 6) is 1.10. The molecule has 0 spiro atoms. The zero-order chi connectivity index (χ0) is 14.9. The Balaban J connectivity index is 2.45. The van der Waals surface area contributed by atoms with E-state index in [1.165, 1.54) is 0 Å². The lowest BCUT2D eigenvalue weighted by Gasteiger charge is -2.35. The molecule has 110 valence electrons. The van der Waals surface area contributed by atoms with Crippen molar-refractivity contribution in [1.29, 1.82) is 0 Å². The maximum atomic E-state index is 12.8. The molecule has 0 N–H and O–H groups in total. The van der Waals surface area contributed by atoms with E-state index in [-0.39, 0.29) is 23.5 Å². The summed E-state index contributed by atoms with van der Waals surface area (Å²) in [5, 5.41) is 0. The molecule has 1 aliphatic heterocycles. The van der Waals surface area contributed by atoms with E-state index in [2.05, 4.69) is 13.0 Å². The van der Waals surface area contributed by atoms with Crippen molar-refractivity contribution in [2.24, 2.45) is 5.41 Å². The minimum Gasteiger partial charge on any atom is -0.489 e. The number of rotatable bonds is 1. The third-order valence-electron chi connectivity index (χ3n) is 3.73. The zero-order valence-electron chi connectivity index (χ0n) is 13.1. The van der Waals surface area contributed by atoms with Gasteiger partial charge in [-0.2, -0.15) is 0 Å². The van der Waals surface area contributed by atoms with Crippen molar-refractivity contribution in [2.45, 2.75) is 53.2 Å². The Morgan fingerprint density at radius 2 is 2.00 bits per heavy atom. The number of benzene rings is 1. The van der Waals surface area contributed by atoms with E-state index in [0.717, 1.165) is 17.7 Å². The molecule has 1 unspecified atom stereocenters. The summed E-state index contributed by atoms with van der Waals surface area (Å²) in [4.78, 5) is 14.8. The summed E-state index contributed by atoms with van der Waals surface area (Å²) in [7, 11) is 0. The molecule has 2 atom stereocenters. The van der Waals surface area contributed by atoms with Crippen LogP contribution in [0, 0.1) is 5.41 Å². The van der Waals surface area contributed by atoms with Crippen molar-refractivity contribution in [2.75, 3.05) is 6.54 Å². The quantitative estimate of drug-likeness (QED) is 0.780. The lowest BCUT2D eigenvalue weighted by Crippen LogP contribution is -2.44. The molecular formula is C17H25NO2. The van der Waals surface area contributed by atoms with Gasteiger partial charge in [-0.25, -0.2) is 0 Å². The minimum atomic E-state index is -0.369. The highest BCUT2D eigenvalue weighted by Crippen LogP contribution is 2.37. The third-order valence-corrected chi connectivity index (χ3v) is 3.73. The summed E-state index contributed by atoms with van der Waals surface area (Å²) >= 11 is 0. The molecule has 20 heavy (non-hydrogen) atoms. The standard InChI is InChI=1S/C17H25NO2/c1-6-14-13-9-7-8-10-15(13)20-12(2)11-18(14)16(19)17(3,4)5/h7-10,12,14H,6,11H2,1-5H3/t12?,14-/m0/s1. The van der Waals surface area contributed by atoms with Gasteiger partial charge in [-0.3, -0.25) is 4.79 Å². The first kappa shape index (κ1) is 14.9. The summed E-state index contributed by atoms with van der Waals surface area (Å²) in [6.45, 7) is 10.7. The second-order valence-corrected chi connectivity index (χ2v) is 6.60. The van der Waals surface area contributed by atoms with Crippen LogP contribution in [-0.4, -0.2) is 23.5 Å². The highest BCUT2D eigenvalue weighted by molar-refractivity contribution is 5.82. The van der Waals surface area contributed by atoms with E-state index < -0.39 is 0 Å². The Morgan fingerprint density at radius 3 is 2.60 bits per heavy atom. The molecule has 0 fully saturated rings. The smallest absolute Gasteiger partial charge is 0.228 e. The average Bonchev–Trinajstić information content (AvgIpc) is 2.51. The number of para-hydroxylation sites is 1. The average molecular weight is 275 g/mol. The van der Waals surface area contributed by atoms with Crippen LogP contribution in [0.5, 0.6) is 5.75 Å². The molecule has 2 rings (SSSR count). The maximum Gasteiger partial charge on any atom is 0.228 e. The van der Waals surface area contributed by atoms with Crippen molar-refractivity contribution in [1.82, 2.24) is 4.90 Å². The molecule has 0 saturated heterocycles. The van der Waals surface area contributed by atoms with Gasteiger partial charge < -0.3 is 9.64 Å². The Kier molecular flexibility index (Phi) is 4.07. The van der Waals surface area contributed by atoms with Gasteiger partial charge in [0.1, 0.15) is 11.9 Å². The van der Waals surface area contributed by atoms with Crippen LogP contribution in [-0.2, 0) is 4.79 Å². The minimum absolute atomic E-state index is 0.0130. The van der Waals surface area contributed by atoms with Gasteiger partial charge in [0.25, 0.3) is 0 Å². The van der Waals surface area contributed by atoms with E-state index in [9.17, 15) is 4.79 Å². The zero-order valence-corrected chi connectivity index (χ0v) is 13.1. The number of nitrogens with zero attached hydrogens (tertiary/aromatic N) is 1. The van der Waals surface area contributed by atoms with Gasteiger partial charge in [-0.15, -0.1) is 0 Å². The Hall–Kier alpha value is -1.51. The second-order valence-electron chi connectivity index (χ2n) is 6.60. The molecule has 0 aliphatic carbocycles. The highest BCUT2D eigenvalue weighted by Gasteiger charge is 2.36. The summed E-state index contributed by atoms with van der Waals surface area (Å²) < 4.78 is 5.99. The van der Waals surface area contributed by atoms with Gasteiger partial charge in [0.2, 0.25) is 5.91 Å². The number of hydrogen-bond acceptors (Lipinski definition) is 2. The van der Waals surface area contributed by atoms with Crippen LogP contribution in [0.1, 0.15) is 52.6 Å². The van der Waals surface area contributed by atoms with E-state index in [0.29, 0.717) is 6.54 Å². The summed E-state index contributed by atoms with van der Waals surface area (Å²) in [6.07, 6.45) is 0.911. The van der Waals surface area contributed by atoms with Gasteiger partial charge in [-0.1, -0.05) is 45.9 Å². The topological polar surface area (TPSA) is 29.5 Å². The van der Waals surface area contributed by atoms with Crippen molar-refractivity contribution in [3.05, 3.63) is 29.8 Å². The monoisotopic (exact) mass is 275 g/mol. The van der Waals surface area contributed by atoms with Gasteiger partial charge in [0.15, 0.2) is 0 Å². The van der Waals surface area contributed by atoms with Crippen LogP contribution in [0.2, 0.25) is 0 Å². The fourth-order valence-electron chi connectivity index (χ4n) is 2.78. The molecule has 3 nitrogen and oxygen atoms in total. The van der Waals surface area contributed by atoms with E-state index in [1.807, 2.05) is 50.8 Å². The van der Waals surface area contributed by atoms with Crippen LogP contribution in [0.4, 0.5) is 0 Å². The number of amides is 1. The van der Waals surface area contributed by atoms with Crippen LogP contribution >= 0.6 is 0 Å². The normalized spacial score (nSPS) is 22.8. The maximum absolute atomic E-state index is 12.8. The van der Waals surface area contributed by atoms with Gasteiger partial charge in [-0.05, 0) is 19.4 Å². The van der Waals surface area contributed by atoms with Crippen LogP contribution in [0.25, 0.3) is 0 Å². The molecule has 0 bridgehead atoms. The fourth-order valence-corrected chi connectivity index (χ4v) is 2.78. The molecule has 1 amide bonds. The van der Waals surface area contributed by atoms with Crippen molar-refractivity contribution in [3.8, 4) is 5.75 Å². The van der Waals surface area contributed by atoms with Crippen molar-refractivity contribution >= 4 is 5.91 Å². The molecule has 0 aromatic heterocycles. The fraction of sp³-hybridized carbons (Fsp3) is 0.588. The number of fused-ring (bicyclic) bond motifs is 1. The van der Waals surface area contributed by atoms with Gasteiger partial charge >= 0.3 is 0 Å². The van der Waals surface area contributed by atoms with Crippen LogP contribution in [0.3, 0.4) is 0 Å². The molecule has 1 heterocycles. The van der Waals surface area contributed by atoms with Gasteiger partial charge in [0.05, 0.1) is 12.6 Å². The van der Waals surface area contributed by atoms with Crippen LogP contribution < -0.4 is 4.74 Å². The Morgan fingerprint density at radius 1 is 1.35 bits per heavy atom. The number of carbonyl (C=O) groups is 1. The Labute approximate surface area is 121 Å². The highest BCUT2D eigenvalue weighted by atomic mass is 16.5. The molecule has 1 aliphatic rings. The predicted molar refractivity (Wildman–Crippen MR) is 80.7 cm³/mol. The SMILES string of the molecule is CC[C@H]1c2ccccc2OC(C)CN1C(=O)C(C)(C)C. The molecule has 0 saturated carbocycles. The molecule has 1 aromatic carbocycles. The van der Waals surface area contributed by atoms with E-state index in [4.69, 9.17) is 4.74 Å². The first-order valence-electron chi connectivity index (χ1n) is 7.41. The largest absolute Gasteiger partial charge is 0.489 e.